The standard InChI is InChI=1S/C18H18N2O4S/c21-17(12-6-4-7-13-16(12)24-10-23-13)19-20-18(22)15-9-11-5-2-1-3-8-14(11)25-15/h4,6-7,9H,1-3,5,8,10H2,(H,19,21)(H,20,22). The van der Waals surface area contributed by atoms with E-state index in [1.54, 1.807) is 18.2 Å². The summed E-state index contributed by atoms with van der Waals surface area (Å²) in [6, 6.07) is 7.02. The number of fused-ring (bicyclic) bond motifs is 2. The number of amides is 2. The first-order chi connectivity index (χ1) is 12.2. The second-order valence-corrected chi connectivity index (χ2v) is 7.20. The summed E-state index contributed by atoms with van der Waals surface area (Å²) in [6.07, 6.45) is 5.65. The van der Waals surface area contributed by atoms with Crippen molar-refractivity contribution in [3.63, 3.8) is 0 Å². The summed E-state index contributed by atoms with van der Waals surface area (Å²) in [6.45, 7) is 0.0900. The highest BCUT2D eigenvalue weighted by atomic mass is 32.1. The van der Waals surface area contributed by atoms with E-state index in [0.29, 0.717) is 21.9 Å². The molecule has 2 heterocycles. The topological polar surface area (TPSA) is 76.7 Å². The normalized spacial score (nSPS) is 15.2. The van der Waals surface area contributed by atoms with Gasteiger partial charge in [0, 0.05) is 4.88 Å². The molecule has 2 aromatic rings. The van der Waals surface area contributed by atoms with Crippen LogP contribution in [0.4, 0.5) is 0 Å². The number of ether oxygens (including phenoxy) is 2. The third-order valence-electron chi connectivity index (χ3n) is 4.40. The lowest BCUT2D eigenvalue weighted by atomic mass is 10.1. The quantitative estimate of drug-likeness (QED) is 0.639. The lowest BCUT2D eigenvalue weighted by Crippen LogP contribution is -2.41. The monoisotopic (exact) mass is 358 g/mol. The van der Waals surface area contributed by atoms with Crippen molar-refractivity contribution in [2.45, 2.75) is 32.1 Å². The van der Waals surface area contributed by atoms with E-state index in [-0.39, 0.29) is 12.7 Å². The molecular formula is C18H18N2O4S. The Morgan fingerprint density at radius 1 is 1.00 bits per heavy atom. The molecule has 7 heteroatoms. The summed E-state index contributed by atoms with van der Waals surface area (Å²) in [7, 11) is 0. The maximum Gasteiger partial charge on any atom is 0.279 e. The second-order valence-electron chi connectivity index (χ2n) is 6.07. The number of hydrogen-bond donors (Lipinski definition) is 2. The van der Waals surface area contributed by atoms with Crippen LogP contribution in [0.1, 0.15) is 49.7 Å². The maximum absolute atomic E-state index is 12.3. The van der Waals surface area contributed by atoms with Gasteiger partial charge in [0.1, 0.15) is 0 Å². The molecule has 0 atom stereocenters. The zero-order valence-electron chi connectivity index (χ0n) is 13.6. The molecule has 2 amide bonds. The van der Waals surface area contributed by atoms with Gasteiger partial charge in [0.25, 0.3) is 11.8 Å². The Morgan fingerprint density at radius 2 is 1.84 bits per heavy atom. The Kier molecular flexibility index (Phi) is 4.31. The van der Waals surface area contributed by atoms with Gasteiger partial charge in [0.05, 0.1) is 10.4 Å². The zero-order chi connectivity index (χ0) is 17.2. The first kappa shape index (κ1) is 16.0. The van der Waals surface area contributed by atoms with Crippen LogP contribution < -0.4 is 20.3 Å². The van der Waals surface area contributed by atoms with E-state index in [1.165, 1.54) is 41.0 Å². The van der Waals surface area contributed by atoms with E-state index in [1.807, 2.05) is 6.07 Å². The Morgan fingerprint density at radius 3 is 2.76 bits per heavy atom. The third-order valence-corrected chi connectivity index (χ3v) is 5.64. The smallest absolute Gasteiger partial charge is 0.279 e. The van der Waals surface area contributed by atoms with Crippen LogP contribution in [0.25, 0.3) is 0 Å². The number of carbonyl (C=O) groups is 2. The fraction of sp³-hybridized carbons (Fsp3) is 0.333. The molecule has 130 valence electrons. The Labute approximate surface area is 149 Å². The molecule has 0 radical (unpaired) electrons. The lowest BCUT2D eigenvalue weighted by molar-refractivity contribution is 0.0846. The lowest BCUT2D eigenvalue weighted by Gasteiger charge is -2.08. The average molecular weight is 358 g/mol. The summed E-state index contributed by atoms with van der Waals surface area (Å²) < 4.78 is 10.6. The highest BCUT2D eigenvalue weighted by Crippen LogP contribution is 2.35. The van der Waals surface area contributed by atoms with E-state index in [9.17, 15) is 9.59 Å². The summed E-state index contributed by atoms with van der Waals surface area (Å²) >= 11 is 1.52. The minimum atomic E-state index is -0.436. The van der Waals surface area contributed by atoms with Crippen LogP contribution in [0.2, 0.25) is 0 Å². The van der Waals surface area contributed by atoms with Gasteiger partial charge in [-0.1, -0.05) is 12.5 Å². The molecule has 2 aliphatic rings. The van der Waals surface area contributed by atoms with E-state index in [0.717, 1.165) is 12.8 Å². The van der Waals surface area contributed by atoms with Gasteiger partial charge in [-0.05, 0) is 49.4 Å². The first-order valence-electron chi connectivity index (χ1n) is 8.33. The van der Waals surface area contributed by atoms with Crippen LogP contribution in [0.5, 0.6) is 11.5 Å². The van der Waals surface area contributed by atoms with Crippen molar-refractivity contribution >= 4 is 23.2 Å². The highest BCUT2D eigenvalue weighted by molar-refractivity contribution is 7.14. The molecule has 1 aliphatic carbocycles. The largest absolute Gasteiger partial charge is 0.454 e. The molecule has 0 fully saturated rings. The SMILES string of the molecule is O=C(NNC(=O)c1cccc2c1OCO2)c1cc2c(s1)CCCCC2. The number of hydrazine groups is 1. The van der Waals surface area contributed by atoms with Crippen LogP contribution in [0.3, 0.4) is 0 Å². The predicted molar refractivity (Wildman–Crippen MR) is 93.1 cm³/mol. The van der Waals surface area contributed by atoms with Gasteiger partial charge in [-0.25, -0.2) is 0 Å². The zero-order valence-corrected chi connectivity index (χ0v) is 14.4. The molecule has 6 nitrogen and oxygen atoms in total. The number of rotatable bonds is 2. The van der Waals surface area contributed by atoms with E-state index >= 15 is 0 Å². The van der Waals surface area contributed by atoms with Crippen LogP contribution in [-0.4, -0.2) is 18.6 Å². The van der Waals surface area contributed by atoms with Gasteiger partial charge in [-0.2, -0.15) is 0 Å². The Hall–Kier alpha value is -2.54. The third kappa shape index (κ3) is 3.19. The van der Waals surface area contributed by atoms with Crippen molar-refractivity contribution in [3.8, 4) is 11.5 Å². The second kappa shape index (κ2) is 6.76. The minimum absolute atomic E-state index is 0.0900. The number of nitrogens with one attached hydrogen (secondary N) is 2. The molecule has 2 N–H and O–H groups in total. The van der Waals surface area contributed by atoms with Gasteiger partial charge in [0.2, 0.25) is 6.79 Å². The average Bonchev–Trinajstić information content (AvgIpc) is 3.21. The minimum Gasteiger partial charge on any atom is -0.454 e. The Balaban J connectivity index is 1.42. The van der Waals surface area contributed by atoms with Gasteiger partial charge in [-0.3, -0.25) is 20.4 Å². The maximum atomic E-state index is 12.3. The highest BCUT2D eigenvalue weighted by Gasteiger charge is 2.22. The number of benzene rings is 1. The molecule has 0 unspecified atom stereocenters. The first-order valence-corrected chi connectivity index (χ1v) is 9.15. The van der Waals surface area contributed by atoms with Gasteiger partial charge < -0.3 is 9.47 Å². The molecule has 25 heavy (non-hydrogen) atoms. The van der Waals surface area contributed by atoms with Crippen LogP contribution in [0, 0.1) is 0 Å². The van der Waals surface area contributed by atoms with E-state index in [2.05, 4.69) is 10.9 Å². The summed E-state index contributed by atoms with van der Waals surface area (Å²) in [4.78, 5) is 26.6. The number of para-hydroxylation sites is 1. The molecule has 1 aromatic carbocycles. The molecule has 1 aliphatic heterocycles. The van der Waals surface area contributed by atoms with E-state index < -0.39 is 5.91 Å². The van der Waals surface area contributed by atoms with Gasteiger partial charge >= 0.3 is 0 Å². The molecule has 1 aromatic heterocycles. The molecular weight excluding hydrogens is 340 g/mol. The molecule has 0 saturated carbocycles. The van der Waals surface area contributed by atoms with Gasteiger partial charge in [-0.15, -0.1) is 11.3 Å². The Bertz CT molecular complexity index is 807. The van der Waals surface area contributed by atoms with Crippen molar-refractivity contribution in [1.29, 1.82) is 0 Å². The van der Waals surface area contributed by atoms with Crippen molar-refractivity contribution < 1.29 is 19.1 Å². The molecule has 0 bridgehead atoms. The van der Waals surface area contributed by atoms with Crippen molar-refractivity contribution in [2.75, 3.05) is 6.79 Å². The summed E-state index contributed by atoms with van der Waals surface area (Å²) in [5.41, 5.74) is 6.54. The predicted octanol–water partition coefficient (Wildman–Crippen LogP) is 2.82. The summed E-state index contributed by atoms with van der Waals surface area (Å²) in [5.74, 6) is 0.197. The fourth-order valence-corrected chi connectivity index (χ4v) is 4.28. The molecule has 0 spiro atoms. The number of thiophene rings is 1. The van der Waals surface area contributed by atoms with Crippen molar-refractivity contribution in [3.05, 3.63) is 45.1 Å². The van der Waals surface area contributed by atoms with E-state index in [4.69, 9.17) is 9.47 Å². The van der Waals surface area contributed by atoms with Crippen molar-refractivity contribution in [2.24, 2.45) is 0 Å². The fourth-order valence-electron chi connectivity index (χ4n) is 3.13. The summed E-state index contributed by atoms with van der Waals surface area (Å²) in [5, 5.41) is 0. The van der Waals surface area contributed by atoms with Crippen LogP contribution in [0.15, 0.2) is 24.3 Å². The van der Waals surface area contributed by atoms with Gasteiger partial charge in [0.15, 0.2) is 11.5 Å². The number of aryl methyl sites for hydroxylation is 2. The van der Waals surface area contributed by atoms with Crippen LogP contribution >= 0.6 is 11.3 Å². The molecule has 0 saturated heterocycles. The number of hydrogen-bond acceptors (Lipinski definition) is 5. The van der Waals surface area contributed by atoms with Crippen molar-refractivity contribution in [1.82, 2.24) is 10.9 Å². The molecule has 4 rings (SSSR count). The van der Waals surface area contributed by atoms with Crippen LogP contribution in [-0.2, 0) is 12.8 Å². The number of carbonyl (C=O) groups excluding carboxylic acids is 2.